The van der Waals surface area contributed by atoms with Gasteiger partial charge in [0.15, 0.2) is 0 Å². The predicted molar refractivity (Wildman–Crippen MR) is 299 cm³/mol. The number of anilines is 10. The molecular formula is C66H60N5Pt-3. The Morgan fingerprint density at radius 2 is 1.04 bits per heavy atom. The van der Waals surface area contributed by atoms with Crippen molar-refractivity contribution in [1.82, 2.24) is 4.98 Å². The third-order valence-electron chi connectivity index (χ3n) is 13.9. The van der Waals surface area contributed by atoms with Gasteiger partial charge in [0.05, 0.1) is 5.69 Å². The second kappa shape index (κ2) is 18.8. The number of fused-ring (bicyclic) bond motifs is 6. The first kappa shape index (κ1) is 48.4. The average Bonchev–Trinajstić information content (AvgIpc) is 3.70. The maximum atomic E-state index is 5.12. The van der Waals surface area contributed by atoms with Crippen molar-refractivity contribution >= 4 is 57.0 Å². The van der Waals surface area contributed by atoms with Crippen molar-refractivity contribution in [3.05, 3.63) is 230 Å². The summed E-state index contributed by atoms with van der Waals surface area (Å²) in [5.41, 5.74) is 19.3. The van der Waals surface area contributed by atoms with Crippen LogP contribution in [0.3, 0.4) is 0 Å². The Hall–Kier alpha value is -7.20. The first-order valence-corrected chi connectivity index (χ1v) is 24.8. The third kappa shape index (κ3) is 8.83. The van der Waals surface area contributed by atoms with Crippen LogP contribution < -0.4 is 19.6 Å². The molecule has 0 aliphatic carbocycles. The number of hydrogen-bond acceptors (Lipinski definition) is 5. The van der Waals surface area contributed by atoms with E-state index in [9.17, 15) is 0 Å². The number of para-hydroxylation sites is 5. The molecule has 0 bridgehead atoms. The molecule has 6 heteroatoms. The molecule has 0 unspecified atom stereocenters. The molecule has 5 nitrogen and oxygen atoms in total. The molecule has 1 aromatic heterocycles. The number of nitrogens with zero attached hydrogens (tertiary/aromatic N) is 5. The Morgan fingerprint density at radius 1 is 0.458 bits per heavy atom. The summed E-state index contributed by atoms with van der Waals surface area (Å²) in [4.78, 5) is 14.5. The SMILES string of the molecule is CC(C)(C)c1cc(N2[CH-]N(c3c(-c4ccccc4)cccc3C(C)(C)C)c3ccccc32)[c-]c(N(c2[c-]c3c(cc2)-c2ccccc2-c2ccccc2N3c2cc(C(C)(C)C)ccn2)c2ccccc2)c1.[Pt]. The van der Waals surface area contributed by atoms with Gasteiger partial charge in [-0.2, -0.15) is 6.07 Å². The molecule has 2 aliphatic rings. The Labute approximate surface area is 441 Å². The van der Waals surface area contributed by atoms with Gasteiger partial charge in [0.2, 0.25) is 0 Å². The van der Waals surface area contributed by atoms with Crippen molar-refractivity contribution in [2.24, 2.45) is 0 Å². The van der Waals surface area contributed by atoms with E-state index in [4.69, 9.17) is 4.98 Å². The van der Waals surface area contributed by atoms with Gasteiger partial charge in [-0.25, -0.2) is 4.98 Å². The molecule has 11 rings (SSSR count). The fourth-order valence-electron chi connectivity index (χ4n) is 10.2. The van der Waals surface area contributed by atoms with Crippen molar-refractivity contribution < 1.29 is 21.1 Å². The number of rotatable bonds is 7. The summed E-state index contributed by atoms with van der Waals surface area (Å²) in [5.74, 6) is 0.846. The average molecular weight is 1120 g/mol. The van der Waals surface area contributed by atoms with Gasteiger partial charge < -0.3 is 19.6 Å². The number of pyridine rings is 1. The normalized spacial score (nSPS) is 13.1. The van der Waals surface area contributed by atoms with Gasteiger partial charge >= 0.3 is 0 Å². The maximum Gasteiger partial charge on any atom is 0.135 e. The van der Waals surface area contributed by atoms with E-state index in [1.807, 2.05) is 6.20 Å². The molecule has 2 aliphatic heterocycles. The summed E-state index contributed by atoms with van der Waals surface area (Å²) < 4.78 is 0. The molecule has 0 radical (unpaired) electrons. The van der Waals surface area contributed by atoms with Gasteiger partial charge in [0.25, 0.3) is 0 Å². The molecule has 0 N–H and O–H groups in total. The molecular weight excluding hydrogens is 1060 g/mol. The smallest absolute Gasteiger partial charge is 0.135 e. The third-order valence-corrected chi connectivity index (χ3v) is 13.9. The Kier molecular flexibility index (Phi) is 12.6. The van der Waals surface area contributed by atoms with Crippen molar-refractivity contribution in [3.63, 3.8) is 0 Å². The zero-order valence-corrected chi connectivity index (χ0v) is 44.9. The number of benzene rings is 8. The standard InChI is InChI=1S/C66H60N5.Pt/c1-64(2,3)46-37-38-67-62(41-46)71-58-32-19-18-29-55(58)53-27-16-17-28-54(53)56-36-35-49(43-61(56)71)70(48-25-14-11-15-26-48)51-40-47(65(4,5)6)39-50(42-51)68-44-69(60-34-21-20-33-59(60)68)63-52(45-23-12-10-13-24-45)30-22-31-57(63)66(7,8)9;/h10-41,44H,1-9H3;/q-3;. The van der Waals surface area contributed by atoms with Crippen LogP contribution >= 0.6 is 0 Å². The van der Waals surface area contributed by atoms with Crippen LogP contribution in [0, 0.1) is 18.8 Å². The minimum Gasteiger partial charge on any atom is -0.493 e. The Morgan fingerprint density at radius 3 is 1.71 bits per heavy atom. The van der Waals surface area contributed by atoms with E-state index in [2.05, 4.69) is 289 Å². The van der Waals surface area contributed by atoms with E-state index < -0.39 is 0 Å². The minimum atomic E-state index is -0.204. The molecule has 8 aromatic carbocycles. The van der Waals surface area contributed by atoms with E-state index in [0.29, 0.717) is 0 Å². The fourth-order valence-corrected chi connectivity index (χ4v) is 10.2. The van der Waals surface area contributed by atoms with Crippen LogP contribution in [-0.2, 0) is 37.3 Å². The molecule has 0 saturated heterocycles. The van der Waals surface area contributed by atoms with E-state index in [1.54, 1.807) is 0 Å². The van der Waals surface area contributed by atoms with Crippen LogP contribution in [0.25, 0.3) is 33.4 Å². The van der Waals surface area contributed by atoms with Crippen LogP contribution in [-0.4, -0.2) is 4.98 Å². The second-order valence-corrected chi connectivity index (χ2v) is 21.9. The molecule has 0 saturated carbocycles. The molecule has 9 aromatic rings. The first-order valence-electron chi connectivity index (χ1n) is 24.8. The Balaban J connectivity index is 0.00000596. The summed E-state index contributed by atoms with van der Waals surface area (Å²) in [6.45, 7) is 22.8. The first-order chi connectivity index (χ1) is 34.1. The summed E-state index contributed by atoms with van der Waals surface area (Å²) >= 11 is 0. The van der Waals surface area contributed by atoms with E-state index in [-0.39, 0.29) is 37.3 Å². The summed E-state index contributed by atoms with van der Waals surface area (Å²) in [6, 6.07) is 76.0. The van der Waals surface area contributed by atoms with Crippen molar-refractivity contribution in [2.45, 2.75) is 78.6 Å². The Bertz CT molecular complexity index is 3430. The molecule has 0 atom stereocenters. The number of aromatic nitrogens is 1. The van der Waals surface area contributed by atoms with Gasteiger partial charge in [-0.15, -0.1) is 53.8 Å². The molecule has 0 amide bonds. The van der Waals surface area contributed by atoms with Crippen molar-refractivity contribution in [3.8, 4) is 33.4 Å². The number of hydrogen-bond donors (Lipinski definition) is 0. The second-order valence-electron chi connectivity index (χ2n) is 21.9. The quantitative estimate of drug-likeness (QED) is 0.148. The van der Waals surface area contributed by atoms with E-state index >= 15 is 0 Å². The van der Waals surface area contributed by atoms with Crippen molar-refractivity contribution in [2.75, 3.05) is 19.6 Å². The molecule has 362 valence electrons. The molecule has 0 spiro atoms. The van der Waals surface area contributed by atoms with E-state index in [0.717, 1.165) is 68.0 Å². The van der Waals surface area contributed by atoms with Gasteiger partial charge in [-0.1, -0.05) is 206 Å². The minimum absolute atomic E-state index is 0. The van der Waals surface area contributed by atoms with Gasteiger partial charge in [-0.05, 0) is 81.0 Å². The van der Waals surface area contributed by atoms with Crippen LogP contribution in [0.4, 0.5) is 57.0 Å². The fraction of sp³-hybridized carbons (Fsp3) is 0.182. The van der Waals surface area contributed by atoms with Crippen LogP contribution in [0.1, 0.15) is 79.0 Å². The largest absolute Gasteiger partial charge is 0.493 e. The summed E-state index contributed by atoms with van der Waals surface area (Å²) in [5, 5.41) is 0. The summed E-state index contributed by atoms with van der Waals surface area (Å²) in [6.07, 6.45) is 1.95. The van der Waals surface area contributed by atoms with Gasteiger partial charge in [0.1, 0.15) is 5.82 Å². The van der Waals surface area contributed by atoms with E-state index in [1.165, 1.54) is 39.1 Å². The monoisotopic (exact) mass is 1120 g/mol. The van der Waals surface area contributed by atoms with Crippen LogP contribution in [0.5, 0.6) is 0 Å². The zero-order valence-electron chi connectivity index (χ0n) is 42.6. The van der Waals surface area contributed by atoms with Crippen LogP contribution in [0.15, 0.2) is 194 Å². The van der Waals surface area contributed by atoms with Crippen LogP contribution in [0.2, 0.25) is 0 Å². The predicted octanol–water partition coefficient (Wildman–Crippen LogP) is 18.2. The zero-order chi connectivity index (χ0) is 49.2. The van der Waals surface area contributed by atoms with Gasteiger partial charge in [0, 0.05) is 61.1 Å². The van der Waals surface area contributed by atoms with Gasteiger partial charge in [-0.3, -0.25) is 0 Å². The molecule has 3 heterocycles. The molecule has 72 heavy (non-hydrogen) atoms. The summed E-state index contributed by atoms with van der Waals surface area (Å²) in [7, 11) is 0. The maximum absolute atomic E-state index is 5.12. The topological polar surface area (TPSA) is 25.9 Å². The van der Waals surface area contributed by atoms with Crippen molar-refractivity contribution in [1.29, 1.82) is 0 Å². The molecule has 0 fully saturated rings.